The Bertz CT molecular complexity index is 372. The average Bonchev–Trinajstić information content (AvgIpc) is 2.34. The highest BCUT2D eigenvalue weighted by Gasteiger charge is 2.41. The summed E-state index contributed by atoms with van der Waals surface area (Å²) in [6.45, 7) is 4.16. The van der Waals surface area contributed by atoms with Crippen molar-refractivity contribution in [1.29, 1.82) is 0 Å². The second-order valence-electron chi connectivity index (χ2n) is 6.65. The Balaban J connectivity index is 2.40. The van der Waals surface area contributed by atoms with Crippen LogP contribution in [0.3, 0.4) is 0 Å². The van der Waals surface area contributed by atoms with Crippen molar-refractivity contribution in [3.63, 3.8) is 0 Å². The fourth-order valence-corrected chi connectivity index (χ4v) is 2.34. The van der Waals surface area contributed by atoms with Crippen molar-refractivity contribution in [2.24, 2.45) is 0 Å². The van der Waals surface area contributed by atoms with Crippen LogP contribution in [-0.4, -0.2) is 42.7 Å². The predicted molar refractivity (Wildman–Crippen MR) is 74.4 cm³/mol. The Morgan fingerprint density at radius 1 is 1.23 bits per heavy atom. The van der Waals surface area contributed by atoms with E-state index in [0.29, 0.717) is 19.3 Å². The van der Waals surface area contributed by atoms with E-state index < -0.39 is 30.6 Å². The smallest absolute Gasteiger partial charge is 0.407 e. The number of halogens is 4. The Morgan fingerprint density at radius 2 is 1.82 bits per heavy atom. The molecule has 2 N–H and O–H groups in total. The molecule has 0 bridgehead atoms. The topological polar surface area (TPSA) is 50.4 Å². The van der Waals surface area contributed by atoms with Crippen molar-refractivity contribution in [1.82, 2.24) is 10.6 Å². The Hall–Kier alpha value is -1.05. The van der Waals surface area contributed by atoms with Gasteiger partial charge in [-0.25, -0.2) is 13.6 Å². The highest BCUT2D eigenvalue weighted by Crippen LogP contribution is 2.24. The molecular formula is C14H24F4N2O2. The second kappa shape index (κ2) is 7.48. The first-order valence-electron chi connectivity index (χ1n) is 7.38. The van der Waals surface area contributed by atoms with Crippen LogP contribution in [0.1, 0.15) is 46.5 Å². The summed E-state index contributed by atoms with van der Waals surface area (Å²) in [5, 5.41) is 5.16. The molecule has 1 aliphatic carbocycles. The maximum Gasteiger partial charge on any atom is 0.407 e. The zero-order valence-electron chi connectivity index (χ0n) is 13.1. The minimum Gasteiger partial charge on any atom is -0.444 e. The highest BCUT2D eigenvalue weighted by atomic mass is 19.3. The molecule has 0 aliphatic heterocycles. The number of carbonyl (C=O) groups excluding carboxylic acids is 1. The lowest BCUT2D eigenvalue weighted by atomic mass is 9.91. The van der Waals surface area contributed by atoms with Gasteiger partial charge in [-0.3, -0.25) is 0 Å². The Kier molecular flexibility index (Phi) is 6.46. The van der Waals surface area contributed by atoms with Gasteiger partial charge in [0.15, 0.2) is 0 Å². The van der Waals surface area contributed by atoms with Gasteiger partial charge in [0.25, 0.3) is 0 Å². The first kappa shape index (κ1) is 19.0. The maximum absolute atomic E-state index is 12.9. The number of ether oxygens (including phenoxy) is 1. The van der Waals surface area contributed by atoms with Gasteiger partial charge in [-0.1, -0.05) is 0 Å². The van der Waals surface area contributed by atoms with E-state index >= 15 is 0 Å². The van der Waals surface area contributed by atoms with Crippen LogP contribution in [0.2, 0.25) is 0 Å². The third-order valence-electron chi connectivity index (χ3n) is 3.34. The van der Waals surface area contributed by atoms with Crippen molar-refractivity contribution in [2.75, 3.05) is 6.54 Å². The van der Waals surface area contributed by atoms with Crippen LogP contribution in [0.25, 0.3) is 0 Å². The molecule has 0 spiro atoms. The number of rotatable bonds is 5. The molecule has 0 aromatic carbocycles. The number of nitrogens with one attached hydrogen (secondary N) is 2. The molecule has 1 aliphatic rings. The van der Waals surface area contributed by atoms with Crippen molar-refractivity contribution in [2.45, 2.75) is 76.5 Å². The SMILES string of the molecule is CC(C)(C)OC(=O)NC1CCCC(NCC(F)(F)C(F)F)C1. The van der Waals surface area contributed by atoms with Gasteiger partial charge in [-0.15, -0.1) is 0 Å². The van der Waals surface area contributed by atoms with Gasteiger partial charge in [0.2, 0.25) is 0 Å². The number of amides is 1. The van der Waals surface area contributed by atoms with E-state index in [2.05, 4.69) is 10.6 Å². The first-order chi connectivity index (χ1) is 9.99. The minimum atomic E-state index is -4.04. The van der Waals surface area contributed by atoms with Gasteiger partial charge in [-0.2, -0.15) is 8.78 Å². The van der Waals surface area contributed by atoms with E-state index in [-0.39, 0.29) is 12.1 Å². The quantitative estimate of drug-likeness (QED) is 0.761. The highest BCUT2D eigenvalue weighted by molar-refractivity contribution is 5.68. The minimum absolute atomic E-state index is 0.207. The molecule has 2 unspecified atom stereocenters. The molecule has 0 aromatic rings. The summed E-state index contributed by atoms with van der Waals surface area (Å²) in [5.74, 6) is -4.04. The lowest BCUT2D eigenvalue weighted by Gasteiger charge is -2.32. The summed E-state index contributed by atoms with van der Waals surface area (Å²) in [4.78, 5) is 11.7. The fraction of sp³-hybridized carbons (Fsp3) is 0.929. The van der Waals surface area contributed by atoms with E-state index in [0.717, 1.165) is 6.42 Å². The van der Waals surface area contributed by atoms with E-state index in [9.17, 15) is 22.4 Å². The van der Waals surface area contributed by atoms with Gasteiger partial charge in [0, 0.05) is 12.1 Å². The number of hydrogen-bond acceptors (Lipinski definition) is 3. The van der Waals surface area contributed by atoms with Crippen LogP contribution < -0.4 is 10.6 Å². The van der Waals surface area contributed by atoms with E-state index in [1.165, 1.54) is 0 Å². The summed E-state index contributed by atoms with van der Waals surface area (Å²) in [5.41, 5.74) is -0.615. The standard InChI is InChI=1S/C14H24F4N2O2/c1-13(2,3)22-12(21)20-10-6-4-5-9(7-10)19-8-14(17,18)11(15)16/h9-11,19H,4-8H2,1-3H3,(H,20,21). The van der Waals surface area contributed by atoms with Crippen LogP contribution in [0.15, 0.2) is 0 Å². The maximum atomic E-state index is 12.9. The Morgan fingerprint density at radius 3 is 2.36 bits per heavy atom. The molecule has 4 nitrogen and oxygen atoms in total. The normalized spacial score (nSPS) is 23.5. The number of alkyl carbamates (subject to hydrolysis) is 1. The summed E-state index contributed by atoms with van der Waals surface area (Å²) < 4.78 is 55.1. The summed E-state index contributed by atoms with van der Waals surface area (Å²) >= 11 is 0. The molecule has 1 rings (SSSR count). The first-order valence-corrected chi connectivity index (χ1v) is 7.38. The van der Waals surface area contributed by atoms with Crippen LogP contribution in [0.5, 0.6) is 0 Å². The number of hydrogen-bond donors (Lipinski definition) is 2. The molecule has 130 valence electrons. The molecule has 0 saturated heterocycles. The van der Waals surface area contributed by atoms with E-state index in [1.807, 2.05) is 0 Å². The van der Waals surface area contributed by atoms with Crippen LogP contribution in [0, 0.1) is 0 Å². The lowest BCUT2D eigenvalue weighted by molar-refractivity contribution is -0.126. The number of carbonyl (C=O) groups is 1. The predicted octanol–water partition coefficient (Wildman–Crippen LogP) is 3.31. The van der Waals surface area contributed by atoms with Gasteiger partial charge in [-0.05, 0) is 46.5 Å². The van der Waals surface area contributed by atoms with Gasteiger partial charge in [0.05, 0.1) is 6.54 Å². The summed E-state index contributed by atoms with van der Waals surface area (Å²) in [7, 11) is 0. The van der Waals surface area contributed by atoms with Crippen LogP contribution in [0.4, 0.5) is 22.4 Å². The lowest BCUT2D eigenvalue weighted by Crippen LogP contribution is -2.49. The number of alkyl halides is 4. The van der Waals surface area contributed by atoms with Crippen molar-refractivity contribution >= 4 is 6.09 Å². The second-order valence-corrected chi connectivity index (χ2v) is 6.65. The molecule has 2 atom stereocenters. The molecular weight excluding hydrogens is 304 g/mol. The van der Waals surface area contributed by atoms with Crippen LogP contribution in [-0.2, 0) is 4.74 Å². The molecule has 8 heteroatoms. The fourth-order valence-electron chi connectivity index (χ4n) is 2.34. The van der Waals surface area contributed by atoms with Gasteiger partial charge in [0.1, 0.15) is 5.60 Å². The largest absolute Gasteiger partial charge is 0.444 e. The van der Waals surface area contributed by atoms with E-state index in [4.69, 9.17) is 4.74 Å². The summed E-state index contributed by atoms with van der Waals surface area (Å²) in [6, 6.07) is -0.528. The van der Waals surface area contributed by atoms with Gasteiger partial charge >= 0.3 is 18.4 Å². The third kappa shape index (κ3) is 6.81. The van der Waals surface area contributed by atoms with Crippen molar-refractivity contribution in [3.05, 3.63) is 0 Å². The average molecular weight is 328 g/mol. The molecule has 22 heavy (non-hydrogen) atoms. The summed E-state index contributed by atoms with van der Waals surface area (Å²) in [6.07, 6.45) is -1.78. The molecule has 1 fully saturated rings. The molecule has 1 amide bonds. The third-order valence-corrected chi connectivity index (χ3v) is 3.34. The molecule has 0 heterocycles. The van der Waals surface area contributed by atoms with Crippen molar-refractivity contribution < 1.29 is 27.1 Å². The molecule has 0 radical (unpaired) electrons. The van der Waals surface area contributed by atoms with E-state index in [1.54, 1.807) is 20.8 Å². The zero-order valence-corrected chi connectivity index (χ0v) is 13.1. The Labute approximate surface area is 128 Å². The van der Waals surface area contributed by atoms with Crippen molar-refractivity contribution in [3.8, 4) is 0 Å². The van der Waals surface area contributed by atoms with Crippen LogP contribution >= 0.6 is 0 Å². The monoisotopic (exact) mass is 328 g/mol. The molecule has 1 saturated carbocycles. The van der Waals surface area contributed by atoms with Gasteiger partial charge < -0.3 is 15.4 Å². The zero-order chi connectivity index (χ0) is 17.0. The molecule has 0 aromatic heterocycles.